The molecule has 0 saturated carbocycles. The zero-order chi connectivity index (χ0) is 15.4. The lowest BCUT2D eigenvalue weighted by Gasteiger charge is -2.04. The Balaban J connectivity index is 0.00000192. The number of rotatable bonds is 4. The summed E-state index contributed by atoms with van der Waals surface area (Å²) in [6.07, 6.45) is 4.81. The summed E-state index contributed by atoms with van der Waals surface area (Å²) in [6.45, 7) is 2.67. The van der Waals surface area contributed by atoms with Crippen molar-refractivity contribution in [1.29, 1.82) is 0 Å². The highest BCUT2D eigenvalue weighted by molar-refractivity contribution is 14.0. The second-order valence-corrected chi connectivity index (χ2v) is 5.16. The summed E-state index contributed by atoms with van der Waals surface area (Å²) in [4.78, 5) is 8.97. The van der Waals surface area contributed by atoms with Crippen molar-refractivity contribution in [2.75, 3.05) is 11.9 Å². The number of aliphatic imine (C=N–C) groups is 1. The molecule has 0 fully saturated rings. The molecule has 0 aliphatic heterocycles. The van der Waals surface area contributed by atoms with E-state index in [1.807, 2.05) is 53.2 Å². The van der Waals surface area contributed by atoms with Gasteiger partial charge in [-0.3, -0.25) is 4.99 Å². The summed E-state index contributed by atoms with van der Waals surface area (Å²) in [5, 5.41) is 3.07. The van der Waals surface area contributed by atoms with Gasteiger partial charge in [0.1, 0.15) is 5.65 Å². The first-order chi connectivity index (χ1) is 10.7. The van der Waals surface area contributed by atoms with Gasteiger partial charge in [0.25, 0.3) is 0 Å². The average molecular weight is 421 g/mol. The van der Waals surface area contributed by atoms with Crippen molar-refractivity contribution in [1.82, 2.24) is 9.38 Å². The maximum Gasteiger partial charge on any atom is 0.193 e. The number of imidazole rings is 1. The van der Waals surface area contributed by atoms with Crippen molar-refractivity contribution in [3.63, 3.8) is 0 Å². The Morgan fingerprint density at radius 2 is 2.00 bits per heavy atom. The first-order valence-corrected chi connectivity index (χ1v) is 7.27. The lowest BCUT2D eigenvalue weighted by Crippen LogP contribution is -2.23. The van der Waals surface area contributed by atoms with Crippen LogP contribution in [0.25, 0.3) is 5.65 Å². The quantitative estimate of drug-likeness (QED) is 0.386. The highest BCUT2D eigenvalue weighted by Crippen LogP contribution is 2.10. The van der Waals surface area contributed by atoms with Gasteiger partial charge in [-0.15, -0.1) is 24.0 Å². The molecular formula is C17H20IN5. The SMILES string of the molecule is Cc1cccn2cc(CCN=C(N)Nc3ccccc3)nc12.I. The number of benzene rings is 1. The number of halogens is 1. The predicted molar refractivity (Wildman–Crippen MR) is 106 cm³/mol. The molecule has 2 aromatic heterocycles. The summed E-state index contributed by atoms with van der Waals surface area (Å²) < 4.78 is 2.04. The van der Waals surface area contributed by atoms with E-state index in [1.165, 1.54) is 5.56 Å². The minimum atomic E-state index is 0. The van der Waals surface area contributed by atoms with E-state index in [4.69, 9.17) is 5.73 Å². The molecule has 3 rings (SSSR count). The molecule has 6 heteroatoms. The van der Waals surface area contributed by atoms with Crippen molar-refractivity contribution in [2.24, 2.45) is 10.7 Å². The van der Waals surface area contributed by atoms with Crippen LogP contribution in [0, 0.1) is 6.92 Å². The number of aromatic nitrogens is 2. The van der Waals surface area contributed by atoms with Gasteiger partial charge in [-0.25, -0.2) is 4.98 Å². The number of guanidine groups is 1. The number of pyridine rings is 1. The molecule has 0 aliphatic rings. The Morgan fingerprint density at radius 1 is 1.22 bits per heavy atom. The van der Waals surface area contributed by atoms with E-state index in [1.54, 1.807) is 0 Å². The Bertz CT molecular complexity index is 795. The molecule has 3 aromatic rings. The van der Waals surface area contributed by atoms with E-state index in [0.29, 0.717) is 12.5 Å². The van der Waals surface area contributed by atoms with Crippen LogP contribution in [0.1, 0.15) is 11.3 Å². The number of para-hydroxylation sites is 1. The van der Waals surface area contributed by atoms with Crippen LogP contribution in [-0.4, -0.2) is 21.9 Å². The van der Waals surface area contributed by atoms with Gasteiger partial charge in [0.15, 0.2) is 5.96 Å². The van der Waals surface area contributed by atoms with Gasteiger partial charge in [-0.2, -0.15) is 0 Å². The Kier molecular flexibility index (Phi) is 5.97. The van der Waals surface area contributed by atoms with Crippen LogP contribution in [0.5, 0.6) is 0 Å². The van der Waals surface area contributed by atoms with Crippen LogP contribution < -0.4 is 11.1 Å². The number of nitrogens with two attached hydrogens (primary N) is 1. The monoisotopic (exact) mass is 421 g/mol. The molecule has 5 nitrogen and oxygen atoms in total. The van der Waals surface area contributed by atoms with Gasteiger partial charge in [0, 0.05) is 31.0 Å². The minimum Gasteiger partial charge on any atom is -0.370 e. The number of nitrogens with one attached hydrogen (secondary N) is 1. The third kappa shape index (κ3) is 4.44. The number of hydrogen-bond donors (Lipinski definition) is 2. The summed E-state index contributed by atoms with van der Waals surface area (Å²) >= 11 is 0. The van der Waals surface area contributed by atoms with E-state index in [-0.39, 0.29) is 24.0 Å². The minimum absolute atomic E-state index is 0. The average Bonchev–Trinajstić information content (AvgIpc) is 2.93. The topological polar surface area (TPSA) is 67.7 Å². The molecule has 2 heterocycles. The second kappa shape index (κ2) is 7.96. The van der Waals surface area contributed by atoms with E-state index in [0.717, 1.165) is 23.4 Å². The molecule has 0 radical (unpaired) electrons. The normalized spacial score (nSPS) is 11.3. The molecule has 0 aliphatic carbocycles. The fourth-order valence-electron chi connectivity index (χ4n) is 2.32. The molecule has 0 spiro atoms. The van der Waals surface area contributed by atoms with E-state index >= 15 is 0 Å². The first kappa shape index (κ1) is 17.3. The molecule has 1 aromatic carbocycles. The fourth-order valence-corrected chi connectivity index (χ4v) is 2.32. The van der Waals surface area contributed by atoms with Crippen LogP contribution in [0.15, 0.2) is 59.9 Å². The van der Waals surface area contributed by atoms with Crippen molar-refractivity contribution in [2.45, 2.75) is 13.3 Å². The number of fused-ring (bicyclic) bond motifs is 1. The highest BCUT2D eigenvalue weighted by atomic mass is 127. The zero-order valence-electron chi connectivity index (χ0n) is 12.9. The van der Waals surface area contributed by atoms with Gasteiger partial charge in [0.2, 0.25) is 0 Å². The maximum absolute atomic E-state index is 5.88. The largest absolute Gasteiger partial charge is 0.370 e. The van der Waals surface area contributed by atoms with Crippen molar-refractivity contribution >= 4 is 41.3 Å². The van der Waals surface area contributed by atoms with Crippen LogP contribution in [0.4, 0.5) is 5.69 Å². The molecule has 23 heavy (non-hydrogen) atoms. The Labute approximate surface area is 152 Å². The van der Waals surface area contributed by atoms with Gasteiger partial charge in [-0.1, -0.05) is 24.3 Å². The van der Waals surface area contributed by atoms with Crippen LogP contribution in [0.2, 0.25) is 0 Å². The molecule has 0 bridgehead atoms. The number of hydrogen-bond acceptors (Lipinski definition) is 2. The van der Waals surface area contributed by atoms with Gasteiger partial charge in [0.05, 0.1) is 5.69 Å². The number of aryl methyl sites for hydroxylation is 1. The lowest BCUT2D eigenvalue weighted by molar-refractivity contribution is 0.934. The molecule has 3 N–H and O–H groups in total. The summed E-state index contributed by atoms with van der Waals surface area (Å²) in [5.41, 5.74) is 10.0. The molecule has 0 saturated heterocycles. The van der Waals surface area contributed by atoms with E-state index in [9.17, 15) is 0 Å². The third-order valence-electron chi connectivity index (χ3n) is 3.42. The summed E-state index contributed by atoms with van der Waals surface area (Å²) in [7, 11) is 0. The zero-order valence-corrected chi connectivity index (χ0v) is 15.3. The molecule has 120 valence electrons. The second-order valence-electron chi connectivity index (χ2n) is 5.16. The van der Waals surface area contributed by atoms with Crippen molar-refractivity contribution in [3.05, 3.63) is 66.1 Å². The van der Waals surface area contributed by atoms with E-state index in [2.05, 4.69) is 28.3 Å². The van der Waals surface area contributed by atoms with Gasteiger partial charge < -0.3 is 15.5 Å². The fraction of sp³-hybridized carbons (Fsp3) is 0.176. The number of anilines is 1. The maximum atomic E-state index is 5.88. The molecule has 0 atom stereocenters. The Morgan fingerprint density at radius 3 is 2.74 bits per heavy atom. The molecular weight excluding hydrogens is 401 g/mol. The third-order valence-corrected chi connectivity index (χ3v) is 3.42. The van der Waals surface area contributed by atoms with E-state index < -0.39 is 0 Å². The summed E-state index contributed by atoms with van der Waals surface area (Å²) in [6, 6.07) is 13.9. The van der Waals surface area contributed by atoms with Crippen LogP contribution in [-0.2, 0) is 6.42 Å². The number of nitrogens with zero attached hydrogens (tertiary/aromatic N) is 3. The van der Waals surface area contributed by atoms with Crippen LogP contribution in [0.3, 0.4) is 0 Å². The molecule has 0 amide bonds. The van der Waals surface area contributed by atoms with Crippen molar-refractivity contribution < 1.29 is 0 Å². The van der Waals surface area contributed by atoms with Gasteiger partial charge >= 0.3 is 0 Å². The van der Waals surface area contributed by atoms with Crippen molar-refractivity contribution in [3.8, 4) is 0 Å². The highest BCUT2D eigenvalue weighted by Gasteiger charge is 2.03. The predicted octanol–water partition coefficient (Wildman–Crippen LogP) is 3.23. The first-order valence-electron chi connectivity index (χ1n) is 7.27. The van der Waals surface area contributed by atoms with Gasteiger partial charge in [-0.05, 0) is 30.7 Å². The van der Waals surface area contributed by atoms with Crippen LogP contribution >= 0.6 is 24.0 Å². The standard InChI is InChI=1S/C17H19N5.HI/c1-13-6-5-11-22-12-15(20-16(13)22)9-10-19-17(18)21-14-7-3-2-4-8-14;/h2-8,11-12H,9-10H2,1H3,(H3,18,19,21);1H. The Hall–Kier alpha value is -2.09. The smallest absolute Gasteiger partial charge is 0.193 e. The summed E-state index contributed by atoms with van der Waals surface area (Å²) in [5.74, 6) is 0.422. The molecule has 0 unspecified atom stereocenters. The lowest BCUT2D eigenvalue weighted by atomic mass is 10.3.